The number of fused-ring (bicyclic) bond motifs is 1. The van der Waals surface area contributed by atoms with Crippen molar-refractivity contribution in [3.05, 3.63) is 66.0 Å². The minimum atomic E-state index is 0.648. The minimum Gasteiger partial charge on any atom is -0.336 e. The molecule has 0 aliphatic heterocycles. The van der Waals surface area contributed by atoms with Crippen molar-refractivity contribution in [2.45, 2.75) is 21.0 Å². The molecule has 0 atom stereocenters. The number of nitrogens with zero attached hydrogens (tertiary/aromatic N) is 4. The Labute approximate surface area is 157 Å². The number of aromatic nitrogens is 4. The lowest BCUT2D eigenvalue weighted by Gasteiger charge is -2.03. The predicted octanol–water partition coefficient (Wildman–Crippen LogP) is 4.19. The molecule has 0 fully saturated rings. The van der Waals surface area contributed by atoms with Crippen LogP contribution < -0.4 is 5.84 Å². The number of hydrogen-bond acceptors (Lipinski definition) is 7. The Morgan fingerprint density at radius 1 is 0.920 bits per heavy atom. The lowest BCUT2D eigenvalue weighted by Crippen LogP contribution is -2.13. The predicted molar refractivity (Wildman–Crippen MR) is 105 cm³/mol. The summed E-state index contributed by atoms with van der Waals surface area (Å²) in [5.74, 6) is 8.37. The number of thioether (sulfide) groups is 2. The molecule has 0 aliphatic rings. The van der Waals surface area contributed by atoms with Crippen molar-refractivity contribution < 1.29 is 0 Å². The summed E-state index contributed by atoms with van der Waals surface area (Å²) < 4.78 is 3.79. The molecule has 126 valence electrons. The van der Waals surface area contributed by atoms with Crippen LogP contribution in [-0.4, -0.2) is 19.9 Å². The molecule has 0 saturated heterocycles. The summed E-state index contributed by atoms with van der Waals surface area (Å²) in [5.41, 5.74) is 2.27. The van der Waals surface area contributed by atoms with Crippen LogP contribution >= 0.6 is 34.9 Å². The van der Waals surface area contributed by atoms with Crippen molar-refractivity contribution in [3.63, 3.8) is 0 Å². The summed E-state index contributed by atoms with van der Waals surface area (Å²) >= 11 is 4.91. The first-order valence-electron chi connectivity index (χ1n) is 7.64. The molecule has 2 N–H and O–H groups in total. The molecular weight excluding hydrogens is 370 g/mol. The number of rotatable bonds is 6. The maximum absolute atomic E-state index is 6.15. The smallest absolute Gasteiger partial charge is 0.210 e. The van der Waals surface area contributed by atoms with Gasteiger partial charge in [0.2, 0.25) is 5.16 Å². The van der Waals surface area contributed by atoms with E-state index < -0.39 is 0 Å². The van der Waals surface area contributed by atoms with Crippen LogP contribution in [0.4, 0.5) is 0 Å². The molecule has 0 unspecified atom stereocenters. The highest BCUT2D eigenvalue weighted by molar-refractivity contribution is 8.00. The van der Waals surface area contributed by atoms with Gasteiger partial charge in [0.25, 0.3) is 0 Å². The van der Waals surface area contributed by atoms with Gasteiger partial charge in [0.1, 0.15) is 0 Å². The van der Waals surface area contributed by atoms with Crippen LogP contribution in [0.15, 0.2) is 64.1 Å². The van der Waals surface area contributed by atoms with Gasteiger partial charge in [-0.25, -0.2) is 9.66 Å². The summed E-state index contributed by atoms with van der Waals surface area (Å²) in [6.07, 6.45) is 0. The van der Waals surface area contributed by atoms with Gasteiger partial charge in [0.15, 0.2) is 10.2 Å². The van der Waals surface area contributed by atoms with E-state index in [4.69, 9.17) is 5.84 Å². The minimum absolute atomic E-state index is 0.648. The van der Waals surface area contributed by atoms with Gasteiger partial charge in [-0.2, -0.15) is 0 Å². The Morgan fingerprint density at radius 3 is 2.56 bits per heavy atom. The van der Waals surface area contributed by atoms with Gasteiger partial charge in [-0.15, -0.1) is 21.5 Å². The third-order valence-electron chi connectivity index (χ3n) is 3.54. The van der Waals surface area contributed by atoms with E-state index in [-0.39, 0.29) is 0 Å². The van der Waals surface area contributed by atoms with Crippen molar-refractivity contribution in [3.8, 4) is 0 Å². The molecular formula is C17H15N5S3. The van der Waals surface area contributed by atoms with Crippen LogP contribution in [0.25, 0.3) is 10.2 Å². The fourth-order valence-corrected chi connectivity index (χ4v) is 5.09. The number of benzene rings is 2. The van der Waals surface area contributed by atoms with E-state index >= 15 is 0 Å². The monoisotopic (exact) mass is 385 g/mol. The molecule has 0 saturated carbocycles. The summed E-state index contributed by atoms with van der Waals surface area (Å²) in [6, 6.07) is 18.4. The van der Waals surface area contributed by atoms with Crippen LogP contribution in [0.1, 0.15) is 11.4 Å². The zero-order valence-electron chi connectivity index (χ0n) is 13.2. The van der Waals surface area contributed by atoms with E-state index in [1.807, 2.05) is 36.4 Å². The van der Waals surface area contributed by atoms with E-state index in [0.717, 1.165) is 26.6 Å². The molecule has 0 amide bonds. The van der Waals surface area contributed by atoms with Crippen molar-refractivity contribution in [1.82, 2.24) is 19.9 Å². The third-order valence-corrected chi connectivity index (χ3v) is 6.73. The Balaban J connectivity index is 1.40. The SMILES string of the molecule is Nn1c(CSc2nc3ccccc3s2)nnc1SCc1ccccc1. The molecule has 0 spiro atoms. The summed E-state index contributed by atoms with van der Waals surface area (Å²) in [6.45, 7) is 0. The zero-order valence-corrected chi connectivity index (χ0v) is 15.7. The second kappa shape index (κ2) is 7.47. The molecule has 25 heavy (non-hydrogen) atoms. The first-order chi connectivity index (χ1) is 12.3. The zero-order chi connectivity index (χ0) is 17.1. The molecule has 4 rings (SSSR count). The molecule has 0 bridgehead atoms. The average Bonchev–Trinajstić information content (AvgIpc) is 3.22. The van der Waals surface area contributed by atoms with Crippen LogP contribution in [-0.2, 0) is 11.5 Å². The third kappa shape index (κ3) is 3.81. The van der Waals surface area contributed by atoms with Crippen molar-refractivity contribution in [2.24, 2.45) is 0 Å². The molecule has 0 radical (unpaired) electrons. The number of nitrogen functional groups attached to an aromatic ring is 1. The van der Waals surface area contributed by atoms with E-state index in [0.29, 0.717) is 5.75 Å². The van der Waals surface area contributed by atoms with E-state index in [1.54, 1.807) is 39.5 Å². The van der Waals surface area contributed by atoms with E-state index in [9.17, 15) is 0 Å². The highest BCUT2D eigenvalue weighted by Crippen LogP contribution is 2.31. The lowest BCUT2D eigenvalue weighted by molar-refractivity contribution is 0.821. The van der Waals surface area contributed by atoms with Crippen molar-refractivity contribution in [1.29, 1.82) is 0 Å². The van der Waals surface area contributed by atoms with E-state index in [2.05, 4.69) is 33.4 Å². The number of para-hydroxylation sites is 1. The fraction of sp³-hybridized carbons (Fsp3) is 0.118. The average molecular weight is 386 g/mol. The summed E-state index contributed by atoms with van der Waals surface area (Å²) in [5, 5.41) is 9.15. The topological polar surface area (TPSA) is 69.6 Å². The van der Waals surface area contributed by atoms with Gasteiger partial charge in [0.05, 0.1) is 16.0 Å². The van der Waals surface area contributed by atoms with Crippen LogP contribution in [0.2, 0.25) is 0 Å². The van der Waals surface area contributed by atoms with Gasteiger partial charge >= 0.3 is 0 Å². The fourth-order valence-electron chi connectivity index (χ4n) is 2.27. The maximum atomic E-state index is 6.15. The number of nitrogens with two attached hydrogens (primary N) is 1. The second-order valence-corrected chi connectivity index (χ2v) is 8.47. The Kier molecular flexibility index (Phi) is 4.91. The lowest BCUT2D eigenvalue weighted by atomic mass is 10.2. The van der Waals surface area contributed by atoms with Crippen molar-refractivity contribution in [2.75, 3.05) is 5.84 Å². The second-order valence-electron chi connectivity index (χ2n) is 5.28. The molecule has 0 aliphatic carbocycles. The Morgan fingerprint density at radius 2 is 1.72 bits per heavy atom. The van der Waals surface area contributed by atoms with Gasteiger partial charge in [-0.3, -0.25) is 0 Å². The Bertz CT molecular complexity index is 947. The normalized spacial score (nSPS) is 11.2. The molecule has 5 nitrogen and oxygen atoms in total. The number of hydrogen-bond donors (Lipinski definition) is 1. The maximum Gasteiger partial charge on any atom is 0.210 e. The molecule has 2 aromatic heterocycles. The highest BCUT2D eigenvalue weighted by Gasteiger charge is 2.12. The van der Waals surface area contributed by atoms with Gasteiger partial charge < -0.3 is 5.84 Å². The molecule has 2 heterocycles. The van der Waals surface area contributed by atoms with Gasteiger partial charge in [-0.05, 0) is 17.7 Å². The van der Waals surface area contributed by atoms with Crippen molar-refractivity contribution >= 4 is 45.1 Å². The van der Waals surface area contributed by atoms with E-state index in [1.165, 1.54) is 10.3 Å². The quantitative estimate of drug-likeness (QED) is 0.396. The largest absolute Gasteiger partial charge is 0.336 e. The molecule has 8 heteroatoms. The standard InChI is InChI=1S/C17H15N5S3/c18-22-15(11-24-17-19-13-8-4-5-9-14(13)25-17)20-21-16(22)23-10-12-6-2-1-3-7-12/h1-9H,10-11,18H2. The summed E-state index contributed by atoms with van der Waals surface area (Å²) in [7, 11) is 0. The molecule has 4 aromatic rings. The molecule has 2 aromatic carbocycles. The van der Waals surface area contributed by atoms with Crippen LogP contribution in [0.3, 0.4) is 0 Å². The summed E-state index contributed by atoms with van der Waals surface area (Å²) in [4.78, 5) is 4.62. The number of thiazole rings is 1. The van der Waals surface area contributed by atoms with Gasteiger partial charge in [-0.1, -0.05) is 66.0 Å². The van der Waals surface area contributed by atoms with Crippen LogP contribution in [0, 0.1) is 0 Å². The highest BCUT2D eigenvalue weighted by atomic mass is 32.2. The Hall–Kier alpha value is -2.03. The first-order valence-corrected chi connectivity index (χ1v) is 10.4. The van der Waals surface area contributed by atoms with Crippen LogP contribution in [0.5, 0.6) is 0 Å². The first kappa shape index (κ1) is 16.4. The van der Waals surface area contributed by atoms with Gasteiger partial charge in [0, 0.05) is 5.75 Å².